The van der Waals surface area contributed by atoms with E-state index in [9.17, 15) is 4.79 Å². The molecule has 0 aliphatic heterocycles. The molecule has 5 heteroatoms. The SMILES string of the molecule is COc1cc(N)cc2c3ccccc3n(C(=O)OC(C)(C)C)c12. The lowest BCUT2D eigenvalue weighted by Crippen LogP contribution is -2.27. The number of fused-ring (bicyclic) bond motifs is 3. The number of benzene rings is 2. The average molecular weight is 312 g/mol. The first-order chi connectivity index (χ1) is 10.8. The molecule has 23 heavy (non-hydrogen) atoms. The van der Waals surface area contributed by atoms with Gasteiger partial charge in [-0.15, -0.1) is 0 Å². The van der Waals surface area contributed by atoms with Crippen molar-refractivity contribution in [3.05, 3.63) is 36.4 Å². The molecule has 1 aromatic heterocycles. The third-order valence-electron chi connectivity index (χ3n) is 3.55. The molecule has 3 rings (SSSR count). The van der Waals surface area contributed by atoms with Crippen molar-refractivity contribution in [2.45, 2.75) is 26.4 Å². The van der Waals surface area contributed by atoms with Crippen molar-refractivity contribution in [2.75, 3.05) is 12.8 Å². The van der Waals surface area contributed by atoms with Gasteiger partial charge >= 0.3 is 6.09 Å². The summed E-state index contributed by atoms with van der Waals surface area (Å²) in [6.45, 7) is 5.52. The van der Waals surface area contributed by atoms with Gasteiger partial charge in [0.1, 0.15) is 16.9 Å². The quantitative estimate of drug-likeness (QED) is 0.685. The second kappa shape index (κ2) is 5.19. The Hall–Kier alpha value is -2.69. The van der Waals surface area contributed by atoms with Crippen molar-refractivity contribution in [3.63, 3.8) is 0 Å². The second-order valence-corrected chi connectivity index (χ2v) is 6.45. The zero-order chi connectivity index (χ0) is 16.8. The van der Waals surface area contributed by atoms with Crippen molar-refractivity contribution >= 4 is 33.6 Å². The highest BCUT2D eigenvalue weighted by Crippen LogP contribution is 2.37. The number of carbonyl (C=O) groups excluding carboxylic acids is 1. The highest BCUT2D eigenvalue weighted by Gasteiger charge is 2.24. The lowest BCUT2D eigenvalue weighted by atomic mass is 10.1. The molecule has 3 aromatic rings. The Morgan fingerprint density at radius 1 is 1.13 bits per heavy atom. The molecular weight excluding hydrogens is 292 g/mol. The molecule has 0 spiro atoms. The van der Waals surface area contributed by atoms with Crippen LogP contribution in [0.5, 0.6) is 5.75 Å². The van der Waals surface area contributed by atoms with E-state index >= 15 is 0 Å². The number of anilines is 1. The van der Waals surface area contributed by atoms with Crippen molar-refractivity contribution in [1.82, 2.24) is 4.57 Å². The highest BCUT2D eigenvalue weighted by molar-refractivity contribution is 6.15. The molecule has 0 radical (unpaired) electrons. The van der Waals surface area contributed by atoms with E-state index in [1.807, 2.05) is 51.1 Å². The van der Waals surface area contributed by atoms with Gasteiger partial charge in [0.2, 0.25) is 0 Å². The summed E-state index contributed by atoms with van der Waals surface area (Å²) in [5.41, 5.74) is 7.40. The number of nitrogens with zero attached hydrogens (tertiary/aromatic N) is 1. The van der Waals surface area contributed by atoms with Crippen molar-refractivity contribution < 1.29 is 14.3 Å². The monoisotopic (exact) mass is 312 g/mol. The Labute approximate surface area is 134 Å². The van der Waals surface area contributed by atoms with Gasteiger partial charge in [-0.25, -0.2) is 9.36 Å². The molecule has 0 unspecified atom stereocenters. The Morgan fingerprint density at radius 2 is 1.83 bits per heavy atom. The minimum Gasteiger partial charge on any atom is -0.494 e. The van der Waals surface area contributed by atoms with Crippen LogP contribution >= 0.6 is 0 Å². The van der Waals surface area contributed by atoms with E-state index in [1.165, 1.54) is 0 Å². The van der Waals surface area contributed by atoms with Crippen LogP contribution in [-0.4, -0.2) is 23.4 Å². The first kappa shape index (κ1) is 15.2. The van der Waals surface area contributed by atoms with E-state index in [2.05, 4.69) is 0 Å². The van der Waals surface area contributed by atoms with Gasteiger partial charge in [0, 0.05) is 22.5 Å². The second-order valence-electron chi connectivity index (χ2n) is 6.45. The van der Waals surface area contributed by atoms with Gasteiger partial charge in [-0.3, -0.25) is 0 Å². The molecule has 5 nitrogen and oxygen atoms in total. The molecule has 1 heterocycles. The first-order valence-corrected chi connectivity index (χ1v) is 7.42. The minimum atomic E-state index is -0.587. The highest BCUT2D eigenvalue weighted by atomic mass is 16.6. The molecule has 0 fully saturated rings. The maximum absolute atomic E-state index is 12.8. The average Bonchev–Trinajstić information content (AvgIpc) is 2.79. The number of aromatic nitrogens is 1. The van der Waals surface area contributed by atoms with Crippen LogP contribution in [0.4, 0.5) is 10.5 Å². The van der Waals surface area contributed by atoms with E-state index in [1.54, 1.807) is 17.7 Å². The van der Waals surface area contributed by atoms with Crippen LogP contribution in [0.1, 0.15) is 20.8 Å². The smallest absolute Gasteiger partial charge is 0.419 e. The van der Waals surface area contributed by atoms with E-state index in [-0.39, 0.29) is 0 Å². The standard InChI is InChI=1S/C18H20N2O3/c1-18(2,3)23-17(21)20-14-8-6-5-7-12(14)13-9-11(19)10-15(22-4)16(13)20/h5-10H,19H2,1-4H3. The fraction of sp³-hybridized carbons (Fsp3) is 0.278. The molecular formula is C18H20N2O3. The zero-order valence-electron chi connectivity index (χ0n) is 13.7. The number of rotatable bonds is 1. The molecule has 120 valence electrons. The zero-order valence-corrected chi connectivity index (χ0v) is 13.7. The Bertz CT molecular complexity index is 904. The summed E-state index contributed by atoms with van der Waals surface area (Å²) in [4.78, 5) is 12.8. The number of hydrogen-bond donors (Lipinski definition) is 1. The van der Waals surface area contributed by atoms with Gasteiger partial charge in [-0.05, 0) is 32.9 Å². The Kier molecular flexibility index (Phi) is 3.43. The number of carbonyl (C=O) groups is 1. The summed E-state index contributed by atoms with van der Waals surface area (Å²) < 4.78 is 12.6. The van der Waals surface area contributed by atoms with Crippen LogP contribution in [0.25, 0.3) is 21.8 Å². The van der Waals surface area contributed by atoms with E-state index < -0.39 is 11.7 Å². The van der Waals surface area contributed by atoms with E-state index in [0.29, 0.717) is 17.0 Å². The maximum Gasteiger partial charge on any atom is 0.419 e. The molecule has 0 aliphatic carbocycles. The maximum atomic E-state index is 12.8. The van der Waals surface area contributed by atoms with Crippen LogP contribution in [0, 0.1) is 0 Å². The third kappa shape index (κ3) is 2.59. The molecule has 2 aromatic carbocycles. The largest absolute Gasteiger partial charge is 0.494 e. The lowest BCUT2D eigenvalue weighted by molar-refractivity contribution is 0.0551. The van der Waals surface area contributed by atoms with Crippen LogP contribution in [0.2, 0.25) is 0 Å². The molecule has 2 N–H and O–H groups in total. The number of nitrogen functional groups attached to an aromatic ring is 1. The van der Waals surface area contributed by atoms with Gasteiger partial charge in [0.25, 0.3) is 0 Å². The Morgan fingerprint density at radius 3 is 2.48 bits per heavy atom. The fourth-order valence-electron chi connectivity index (χ4n) is 2.73. The summed E-state index contributed by atoms with van der Waals surface area (Å²) in [6, 6.07) is 11.2. The molecule has 0 saturated heterocycles. The number of hydrogen-bond acceptors (Lipinski definition) is 4. The Balaban J connectivity index is 2.40. The van der Waals surface area contributed by atoms with Gasteiger partial charge in [0.05, 0.1) is 12.6 Å². The topological polar surface area (TPSA) is 66.5 Å². The van der Waals surface area contributed by atoms with E-state index in [4.69, 9.17) is 15.2 Å². The van der Waals surface area contributed by atoms with Crippen molar-refractivity contribution in [1.29, 1.82) is 0 Å². The molecule has 0 bridgehead atoms. The summed E-state index contributed by atoms with van der Waals surface area (Å²) in [5, 5.41) is 1.79. The van der Waals surface area contributed by atoms with Crippen molar-refractivity contribution in [3.8, 4) is 5.75 Å². The van der Waals surface area contributed by atoms with Gasteiger partial charge in [0.15, 0.2) is 0 Å². The lowest BCUT2D eigenvalue weighted by Gasteiger charge is -2.20. The molecule has 0 amide bonds. The summed E-state index contributed by atoms with van der Waals surface area (Å²) in [6.07, 6.45) is -0.438. The van der Waals surface area contributed by atoms with Crippen LogP contribution in [0.15, 0.2) is 36.4 Å². The predicted molar refractivity (Wildman–Crippen MR) is 92.0 cm³/mol. The van der Waals surface area contributed by atoms with Crippen LogP contribution in [0.3, 0.4) is 0 Å². The number of methoxy groups -OCH3 is 1. The van der Waals surface area contributed by atoms with Crippen LogP contribution < -0.4 is 10.5 Å². The number of para-hydroxylation sites is 1. The predicted octanol–water partition coefficient (Wildman–Crippen LogP) is 4.17. The van der Waals surface area contributed by atoms with Crippen molar-refractivity contribution in [2.24, 2.45) is 0 Å². The fourth-order valence-corrected chi connectivity index (χ4v) is 2.73. The molecule has 0 saturated carbocycles. The summed E-state index contributed by atoms with van der Waals surface area (Å²) in [5.74, 6) is 0.544. The number of ether oxygens (including phenoxy) is 2. The van der Waals surface area contributed by atoms with Gasteiger partial charge in [-0.1, -0.05) is 18.2 Å². The summed E-state index contributed by atoms with van der Waals surface area (Å²) in [7, 11) is 1.56. The van der Waals surface area contributed by atoms with Gasteiger partial charge < -0.3 is 15.2 Å². The summed E-state index contributed by atoms with van der Waals surface area (Å²) >= 11 is 0. The number of nitrogens with two attached hydrogens (primary N) is 1. The normalized spacial score (nSPS) is 11.8. The molecule has 0 aliphatic rings. The van der Waals surface area contributed by atoms with E-state index in [0.717, 1.165) is 16.3 Å². The molecule has 0 atom stereocenters. The first-order valence-electron chi connectivity index (χ1n) is 7.42. The van der Waals surface area contributed by atoms with Gasteiger partial charge in [-0.2, -0.15) is 0 Å². The minimum absolute atomic E-state index is 0.438. The van der Waals surface area contributed by atoms with Crippen LogP contribution in [-0.2, 0) is 4.74 Å². The third-order valence-corrected chi connectivity index (χ3v) is 3.55.